The lowest BCUT2D eigenvalue weighted by atomic mass is 9.84. The Kier molecular flexibility index (Phi) is 3.79. The molecule has 0 fully saturated rings. The fourth-order valence-corrected chi connectivity index (χ4v) is 1.33. The van der Waals surface area contributed by atoms with E-state index in [4.69, 9.17) is 5.73 Å². The number of hydrogen-bond acceptors (Lipinski definition) is 4. The zero-order chi connectivity index (χ0) is 10.8. The maximum Gasteiger partial charge on any atom is 0.137 e. The van der Waals surface area contributed by atoms with E-state index in [0.717, 1.165) is 3.57 Å². The molecule has 3 N–H and O–H groups in total. The van der Waals surface area contributed by atoms with Gasteiger partial charge >= 0.3 is 0 Å². The fourth-order valence-electron chi connectivity index (χ4n) is 1.06. The zero-order valence-electron chi connectivity index (χ0n) is 8.24. The van der Waals surface area contributed by atoms with Gasteiger partial charge < -0.3 is 10.8 Å². The molecule has 1 heterocycles. The summed E-state index contributed by atoms with van der Waals surface area (Å²) in [4.78, 5) is 8.37. The van der Waals surface area contributed by atoms with E-state index in [1.807, 2.05) is 6.92 Å². The maximum atomic E-state index is 9.63. The predicted octanol–water partition coefficient (Wildman–Crippen LogP) is 0.678. The van der Waals surface area contributed by atoms with Gasteiger partial charge in [0.15, 0.2) is 0 Å². The summed E-state index contributed by atoms with van der Waals surface area (Å²) in [6.45, 7) is 3.89. The molecule has 5 heteroatoms. The Bertz CT molecular complexity index is 301. The summed E-state index contributed by atoms with van der Waals surface area (Å²) in [5.74, 6) is 0.593. The van der Waals surface area contributed by atoms with Crippen molar-refractivity contribution in [3.63, 3.8) is 0 Å². The first-order chi connectivity index (χ1) is 6.50. The average Bonchev–Trinajstić information content (AvgIpc) is 2.17. The van der Waals surface area contributed by atoms with E-state index >= 15 is 0 Å². The number of aliphatic hydroxyl groups excluding tert-OH is 1. The minimum atomic E-state index is -0.565. The summed E-state index contributed by atoms with van der Waals surface area (Å²) in [6, 6.07) is 0. The second-order valence-electron chi connectivity index (χ2n) is 3.52. The molecule has 0 aliphatic carbocycles. The molecular weight excluding hydrogens is 293 g/mol. The van der Waals surface area contributed by atoms with E-state index in [-0.39, 0.29) is 0 Å². The first kappa shape index (κ1) is 11.8. The zero-order valence-corrected chi connectivity index (χ0v) is 10.4. The molecule has 0 spiro atoms. The van der Waals surface area contributed by atoms with Crippen LogP contribution in [0, 0.1) is 3.57 Å². The van der Waals surface area contributed by atoms with Crippen LogP contribution >= 0.6 is 22.6 Å². The number of rotatable bonds is 3. The summed E-state index contributed by atoms with van der Waals surface area (Å²) >= 11 is 2.14. The average molecular weight is 307 g/mol. The van der Waals surface area contributed by atoms with Crippen LogP contribution in [-0.2, 0) is 5.41 Å². The molecule has 4 nitrogen and oxygen atoms in total. The molecule has 1 aromatic heterocycles. The number of aliphatic hydroxyl groups is 1. The summed E-state index contributed by atoms with van der Waals surface area (Å²) in [7, 11) is 0. The summed E-state index contributed by atoms with van der Waals surface area (Å²) in [6.07, 6.45) is 2.88. The number of halogens is 1. The van der Waals surface area contributed by atoms with E-state index in [9.17, 15) is 5.11 Å². The van der Waals surface area contributed by atoms with Crippen molar-refractivity contribution < 1.29 is 5.11 Å². The number of nitrogens with zero attached hydrogens (tertiary/aromatic N) is 2. The molecule has 0 aliphatic rings. The first-order valence-electron chi connectivity index (χ1n) is 4.37. The van der Waals surface area contributed by atoms with Crippen molar-refractivity contribution in [3.05, 3.63) is 21.8 Å². The Morgan fingerprint density at radius 2 is 2.07 bits per heavy atom. The molecule has 2 unspecified atom stereocenters. The number of nitrogens with two attached hydrogens (primary N) is 1. The third kappa shape index (κ3) is 2.21. The van der Waals surface area contributed by atoms with E-state index in [1.165, 1.54) is 0 Å². The Morgan fingerprint density at radius 1 is 1.57 bits per heavy atom. The van der Waals surface area contributed by atoms with E-state index < -0.39 is 11.5 Å². The highest BCUT2D eigenvalue weighted by Crippen LogP contribution is 2.23. The SMILES string of the molecule is CC(O)C(C)(CN)c1ncc(I)cn1. The Balaban J connectivity index is 3.06. The van der Waals surface area contributed by atoms with E-state index in [2.05, 4.69) is 32.6 Å². The van der Waals surface area contributed by atoms with Crippen molar-refractivity contribution in [1.29, 1.82) is 0 Å². The lowest BCUT2D eigenvalue weighted by molar-refractivity contribution is 0.106. The molecule has 0 amide bonds. The van der Waals surface area contributed by atoms with Crippen LogP contribution in [0.2, 0.25) is 0 Å². The van der Waals surface area contributed by atoms with Gasteiger partial charge in [-0.3, -0.25) is 0 Å². The molecule has 1 aromatic rings. The smallest absolute Gasteiger partial charge is 0.137 e. The highest BCUT2D eigenvalue weighted by molar-refractivity contribution is 14.1. The van der Waals surface area contributed by atoms with Crippen molar-refractivity contribution >= 4 is 22.6 Å². The lowest BCUT2D eigenvalue weighted by Gasteiger charge is -2.29. The van der Waals surface area contributed by atoms with Crippen LogP contribution < -0.4 is 5.73 Å². The molecule has 0 bridgehead atoms. The van der Waals surface area contributed by atoms with Crippen LogP contribution in [0.1, 0.15) is 19.7 Å². The molecule has 78 valence electrons. The third-order valence-corrected chi connectivity index (χ3v) is 3.03. The van der Waals surface area contributed by atoms with Gasteiger partial charge in [0.2, 0.25) is 0 Å². The molecule has 0 saturated carbocycles. The van der Waals surface area contributed by atoms with Crippen LogP contribution in [-0.4, -0.2) is 27.7 Å². The highest BCUT2D eigenvalue weighted by atomic mass is 127. The lowest BCUT2D eigenvalue weighted by Crippen LogP contribution is -2.43. The van der Waals surface area contributed by atoms with Gasteiger partial charge in [0.05, 0.1) is 11.5 Å². The van der Waals surface area contributed by atoms with Gasteiger partial charge in [-0.25, -0.2) is 9.97 Å². The number of hydrogen-bond donors (Lipinski definition) is 2. The van der Waals surface area contributed by atoms with Crippen LogP contribution in [0.15, 0.2) is 12.4 Å². The molecule has 1 rings (SSSR count). The van der Waals surface area contributed by atoms with Crippen molar-refractivity contribution in [3.8, 4) is 0 Å². The summed E-state index contributed by atoms with van der Waals surface area (Å²) in [5, 5.41) is 9.63. The topological polar surface area (TPSA) is 72.0 Å². The van der Waals surface area contributed by atoms with E-state index in [0.29, 0.717) is 12.4 Å². The Labute approximate surface area is 97.1 Å². The minimum absolute atomic E-state index is 0.325. The molecule has 0 aliphatic heterocycles. The van der Waals surface area contributed by atoms with Gasteiger partial charge in [-0.15, -0.1) is 0 Å². The third-order valence-electron chi connectivity index (χ3n) is 2.48. The van der Waals surface area contributed by atoms with Crippen LogP contribution in [0.25, 0.3) is 0 Å². The monoisotopic (exact) mass is 307 g/mol. The first-order valence-corrected chi connectivity index (χ1v) is 5.44. The second kappa shape index (κ2) is 4.50. The Hall–Kier alpha value is -0.270. The van der Waals surface area contributed by atoms with E-state index in [1.54, 1.807) is 19.3 Å². The standard InChI is InChI=1S/C9H14IN3O/c1-6(14)9(2,5-11)8-12-3-7(10)4-13-8/h3-4,6,14H,5,11H2,1-2H3. The molecule has 0 saturated heterocycles. The van der Waals surface area contributed by atoms with Gasteiger partial charge in [0.25, 0.3) is 0 Å². The van der Waals surface area contributed by atoms with Crippen molar-refractivity contribution in [2.75, 3.05) is 6.54 Å². The molecule has 0 aromatic carbocycles. The number of aromatic nitrogens is 2. The predicted molar refractivity (Wildman–Crippen MR) is 62.8 cm³/mol. The van der Waals surface area contributed by atoms with Crippen molar-refractivity contribution in [2.45, 2.75) is 25.4 Å². The van der Waals surface area contributed by atoms with Gasteiger partial charge in [-0.2, -0.15) is 0 Å². The normalized spacial score (nSPS) is 17.5. The molecular formula is C9H14IN3O. The van der Waals surface area contributed by atoms with Gasteiger partial charge in [-0.1, -0.05) is 0 Å². The van der Waals surface area contributed by atoms with Crippen LogP contribution in [0.3, 0.4) is 0 Å². The molecule has 0 radical (unpaired) electrons. The maximum absolute atomic E-state index is 9.63. The molecule has 14 heavy (non-hydrogen) atoms. The summed E-state index contributed by atoms with van der Waals surface area (Å²) in [5.41, 5.74) is 5.07. The fraction of sp³-hybridized carbons (Fsp3) is 0.556. The highest BCUT2D eigenvalue weighted by Gasteiger charge is 2.33. The summed E-state index contributed by atoms with van der Waals surface area (Å²) < 4.78 is 0.969. The second-order valence-corrected chi connectivity index (χ2v) is 4.77. The van der Waals surface area contributed by atoms with Gasteiger partial charge in [-0.05, 0) is 36.4 Å². The van der Waals surface area contributed by atoms with Crippen molar-refractivity contribution in [1.82, 2.24) is 9.97 Å². The van der Waals surface area contributed by atoms with Crippen LogP contribution in [0.5, 0.6) is 0 Å². The van der Waals surface area contributed by atoms with Gasteiger partial charge in [0.1, 0.15) is 5.82 Å². The van der Waals surface area contributed by atoms with Crippen molar-refractivity contribution in [2.24, 2.45) is 5.73 Å². The molecule has 2 atom stereocenters. The van der Waals surface area contributed by atoms with Gasteiger partial charge in [0, 0.05) is 22.5 Å². The minimum Gasteiger partial charge on any atom is -0.392 e. The largest absolute Gasteiger partial charge is 0.392 e. The quantitative estimate of drug-likeness (QED) is 0.806. The Morgan fingerprint density at radius 3 is 2.43 bits per heavy atom. The van der Waals surface area contributed by atoms with Crippen LogP contribution in [0.4, 0.5) is 0 Å².